The first-order chi connectivity index (χ1) is 6.75. The molecule has 1 N–H and O–H groups in total. The minimum atomic E-state index is -0.139. The number of amides is 1. The van der Waals surface area contributed by atoms with Gasteiger partial charge in [-0.1, -0.05) is 17.7 Å². The molecule has 1 aliphatic carbocycles. The van der Waals surface area contributed by atoms with Gasteiger partial charge >= 0.3 is 0 Å². The number of rotatable bonds is 3. The second-order valence-corrected chi connectivity index (χ2v) is 3.89. The fraction of sp³-hybridized carbons (Fsp3) is 0.400. The fourth-order valence-electron chi connectivity index (χ4n) is 1.18. The second kappa shape index (κ2) is 3.96. The highest BCUT2D eigenvalue weighted by Crippen LogP contribution is 2.27. The third-order valence-corrected chi connectivity index (χ3v) is 2.41. The van der Waals surface area contributed by atoms with E-state index in [-0.39, 0.29) is 5.91 Å². The lowest BCUT2D eigenvalue weighted by Crippen LogP contribution is -2.26. The van der Waals surface area contributed by atoms with Gasteiger partial charge in [0.05, 0.1) is 0 Å². The van der Waals surface area contributed by atoms with Gasteiger partial charge in [-0.25, -0.2) is 4.98 Å². The molecule has 74 valence electrons. The number of nitrogens with zero attached hydrogens (tertiary/aromatic N) is 1. The summed E-state index contributed by atoms with van der Waals surface area (Å²) in [5.41, 5.74) is 0.387. The molecule has 1 aliphatic rings. The average molecular weight is 211 g/mol. The number of carbonyl (C=O) groups excluding carboxylic acids is 1. The van der Waals surface area contributed by atoms with E-state index in [9.17, 15) is 4.79 Å². The topological polar surface area (TPSA) is 42.0 Å². The van der Waals surface area contributed by atoms with E-state index in [0.29, 0.717) is 16.8 Å². The lowest BCUT2D eigenvalue weighted by Gasteiger charge is -2.02. The minimum Gasteiger partial charge on any atom is -0.350 e. The van der Waals surface area contributed by atoms with Crippen molar-refractivity contribution in [3.05, 3.63) is 29.0 Å². The van der Waals surface area contributed by atoms with Gasteiger partial charge in [0.2, 0.25) is 0 Å². The molecule has 1 saturated carbocycles. The molecule has 0 aliphatic heterocycles. The largest absolute Gasteiger partial charge is 0.350 e. The first-order valence-corrected chi connectivity index (χ1v) is 5.04. The van der Waals surface area contributed by atoms with Crippen molar-refractivity contribution in [1.29, 1.82) is 0 Å². The van der Waals surface area contributed by atoms with Crippen molar-refractivity contribution in [2.45, 2.75) is 12.8 Å². The molecule has 0 aromatic carbocycles. The molecule has 1 amide bonds. The van der Waals surface area contributed by atoms with E-state index in [1.807, 2.05) is 0 Å². The van der Waals surface area contributed by atoms with Crippen LogP contribution in [0, 0.1) is 5.92 Å². The van der Waals surface area contributed by atoms with Crippen LogP contribution in [0.5, 0.6) is 0 Å². The van der Waals surface area contributed by atoms with Crippen LogP contribution >= 0.6 is 11.6 Å². The zero-order valence-corrected chi connectivity index (χ0v) is 8.42. The number of hydrogen-bond donors (Lipinski definition) is 1. The highest BCUT2D eigenvalue weighted by molar-refractivity contribution is 6.29. The van der Waals surface area contributed by atoms with E-state index in [4.69, 9.17) is 11.6 Å². The number of carbonyl (C=O) groups is 1. The Hall–Kier alpha value is -1.09. The highest BCUT2D eigenvalue weighted by Gasteiger charge is 2.22. The zero-order chi connectivity index (χ0) is 9.97. The van der Waals surface area contributed by atoms with Crippen molar-refractivity contribution in [2.24, 2.45) is 5.92 Å². The lowest BCUT2D eigenvalue weighted by molar-refractivity contribution is 0.0947. The van der Waals surface area contributed by atoms with Gasteiger partial charge in [-0.3, -0.25) is 4.79 Å². The van der Waals surface area contributed by atoms with Gasteiger partial charge < -0.3 is 5.32 Å². The van der Waals surface area contributed by atoms with E-state index in [2.05, 4.69) is 10.3 Å². The summed E-state index contributed by atoms with van der Waals surface area (Å²) < 4.78 is 0. The Balaban J connectivity index is 1.95. The van der Waals surface area contributed by atoms with Crippen molar-refractivity contribution >= 4 is 17.5 Å². The van der Waals surface area contributed by atoms with Gasteiger partial charge in [-0.05, 0) is 30.9 Å². The average Bonchev–Trinajstić information content (AvgIpc) is 2.97. The molecular formula is C10H11ClN2O. The van der Waals surface area contributed by atoms with Crippen molar-refractivity contribution in [2.75, 3.05) is 6.54 Å². The van der Waals surface area contributed by atoms with E-state index in [1.54, 1.807) is 18.2 Å². The molecule has 2 rings (SSSR count). The lowest BCUT2D eigenvalue weighted by atomic mass is 10.3. The maximum Gasteiger partial charge on any atom is 0.269 e. The molecule has 0 spiro atoms. The molecular weight excluding hydrogens is 200 g/mol. The Morgan fingerprint density at radius 1 is 1.57 bits per heavy atom. The summed E-state index contributed by atoms with van der Waals surface area (Å²) >= 11 is 5.67. The van der Waals surface area contributed by atoms with Gasteiger partial charge in [0, 0.05) is 6.54 Å². The van der Waals surface area contributed by atoms with Crippen LogP contribution in [0.3, 0.4) is 0 Å². The number of pyridine rings is 1. The maximum absolute atomic E-state index is 11.5. The molecule has 0 saturated heterocycles. The summed E-state index contributed by atoms with van der Waals surface area (Å²) in [5.74, 6) is 0.539. The molecule has 1 aromatic rings. The van der Waals surface area contributed by atoms with Gasteiger partial charge in [0.25, 0.3) is 5.91 Å². The second-order valence-electron chi connectivity index (χ2n) is 3.50. The van der Waals surface area contributed by atoms with E-state index in [1.165, 1.54) is 12.8 Å². The first kappa shape index (κ1) is 9.46. The van der Waals surface area contributed by atoms with Crippen LogP contribution in [0.15, 0.2) is 18.2 Å². The Bertz CT molecular complexity index is 350. The Morgan fingerprint density at radius 2 is 2.36 bits per heavy atom. The fourth-order valence-corrected chi connectivity index (χ4v) is 1.35. The number of hydrogen-bond acceptors (Lipinski definition) is 2. The monoisotopic (exact) mass is 210 g/mol. The zero-order valence-electron chi connectivity index (χ0n) is 7.66. The summed E-state index contributed by atoms with van der Waals surface area (Å²) in [6.45, 7) is 0.757. The Labute approximate surface area is 87.5 Å². The van der Waals surface area contributed by atoms with Crippen LogP contribution in [0.4, 0.5) is 0 Å². The third-order valence-electron chi connectivity index (χ3n) is 2.20. The van der Waals surface area contributed by atoms with E-state index >= 15 is 0 Å². The predicted molar refractivity (Wildman–Crippen MR) is 54.3 cm³/mol. The molecule has 4 heteroatoms. The first-order valence-electron chi connectivity index (χ1n) is 4.66. The number of aromatic nitrogens is 1. The predicted octanol–water partition coefficient (Wildman–Crippen LogP) is 1.87. The molecule has 1 fully saturated rings. The summed E-state index contributed by atoms with van der Waals surface area (Å²) in [5, 5.41) is 3.18. The van der Waals surface area contributed by atoms with Crippen LogP contribution in [0.2, 0.25) is 5.15 Å². The summed E-state index contributed by atoms with van der Waals surface area (Å²) in [7, 11) is 0. The molecule has 0 bridgehead atoms. The van der Waals surface area contributed by atoms with E-state index in [0.717, 1.165) is 6.54 Å². The number of halogens is 1. The van der Waals surface area contributed by atoms with Crippen molar-refractivity contribution in [1.82, 2.24) is 10.3 Å². The number of nitrogens with one attached hydrogen (secondary N) is 1. The third kappa shape index (κ3) is 2.45. The molecule has 14 heavy (non-hydrogen) atoms. The van der Waals surface area contributed by atoms with Crippen LogP contribution < -0.4 is 5.32 Å². The van der Waals surface area contributed by atoms with Gasteiger partial charge in [0.1, 0.15) is 10.8 Å². The van der Waals surface area contributed by atoms with Gasteiger partial charge in [-0.15, -0.1) is 0 Å². The van der Waals surface area contributed by atoms with Gasteiger partial charge in [-0.2, -0.15) is 0 Å². The normalized spacial score (nSPS) is 15.2. The summed E-state index contributed by atoms with van der Waals surface area (Å²) in [6, 6.07) is 5.04. The molecule has 0 atom stereocenters. The minimum absolute atomic E-state index is 0.139. The quantitative estimate of drug-likeness (QED) is 0.774. The van der Waals surface area contributed by atoms with Crippen LogP contribution in [-0.2, 0) is 0 Å². The van der Waals surface area contributed by atoms with Gasteiger partial charge in [0.15, 0.2) is 0 Å². The highest BCUT2D eigenvalue weighted by atomic mass is 35.5. The van der Waals surface area contributed by atoms with Crippen LogP contribution in [0.1, 0.15) is 23.3 Å². The van der Waals surface area contributed by atoms with Crippen LogP contribution in [0.25, 0.3) is 0 Å². The standard InChI is InChI=1S/C10H11ClN2O/c11-9-3-1-2-8(13-9)10(14)12-6-7-4-5-7/h1-3,7H,4-6H2,(H,12,14). The molecule has 0 radical (unpaired) electrons. The Morgan fingerprint density at radius 3 is 3.00 bits per heavy atom. The van der Waals surface area contributed by atoms with Crippen molar-refractivity contribution in [3.8, 4) is 0 Å². The molecule has 1 aromatic heterocycles. The SMILES string of the molecule is O=C(NCC1CC1)c1cccc(Cl)n1. The maximum atomic E-state index is 11.5. The van der Waals surface area contributed by atoms with Crippen molar-refractivity contribution in [3.63, 3.8) is 0 Å². The van der Waals surface area contributed by atoms with Crippen molar-refractivity contribution < 1.29 is 4.79 Å². The Kier molecular flexibility index (Phi) is 2.68. The van der Waals surface area contributed by atoms with Crippen LogP contribution in [-0.4, -0.2) is 17.4 Å². The van der Waals surface area contributed by atoms with E-state index < -0.39 is 0 Å². The smallest absolute Gasteiger partial charge is 0.269 e. The molecule has 1 heterocycles. The molecule has 3 nitrogen and oxygen atoms in total. The summed E-state index contributed by atoms with van der Waals surface area (Å²) in [4.78, 5) is 15.4. The summed E-state index contributed by atoms with van der Waals surface area (Å²) in [6.07, 6.45) is 2.45. The molecule has 0 unspecified atom stereocenters.